The second kappa shape index (κ2) is 9.06. The van der Waals surface area contributed by atoms with Crippen molar-refractivity contribution in [1.29, 1.82) is 0 Å². The average Bonchev–Trinajstić information content (AvgIpc) is 3.49. The van der Waals surface area contributed by atoms with Gasteiger partial charge in [-0.1, -0.05) is 12.1 Å². The number of alkyl halides is 3. The molecule has 1 amide bonds. The third-order valence-corrected chi connectivity index (χ3v) is 7.49. The van der Waals surface area contributed by atoms with Gasteiger partial charge in [-0.05, 0) is 67.9 Å². The summed E-state index contributed by atoms with van der Waals surface area (Å²) in [7, 11) is 3.94. The lowest BCUT2D eigenvalue weighted by Crippen LogP contribution is -2.44. The van der Waals surface area contributed by atoms with Crippen LogP contribution >= 0.6 is 0 Å². The van der Waals surface area contributed by atoms with E-state index in [1.54, 1.807) is 0 Å². The Morgan fingerprint density at radius 3 is 2.56 bits per heavy atom. The Labute approximate surface area is 207 Å². The molecule has 2 aromatic carbocycles. The number of nitrogens with one attached hydrogen (secondary N) is 3. The Balaban J connectivity index is 1.17. The van der Waals surface area contributed by atoms with Crippen LogP contribution in [0.5, 0.6) is 0 Å². The zero-order valence-electron chi connectivity index (χ0n) is 20.1. The minimum atomic E-state index is -4.71. The molecule has 2 aromatic rings. The summed E-state index contributed by atoms with van der Waals surface area (Å²) < 4.78 is 52.6. The second-order valence-corrected chi connectivity index (χ2v) is 10.2. The number of benzene rings is 2. The highest BCUT2D eigenvalue weighted by Crippen LogP contribution is 2.56. The van der Waals surface area contributed by atoms with Crippen LogP contribution in [-0.2, 0) is 6.18 Å². The van der Waals surface area contributed by atoms with Crippen molar-refractivity contribution in [3.63, 3.8) is 0 Å². The molecule has 2 unspecified atom stereocenters. The van der Waals surface area contributed by atoms with Crippen molar-refractivity contribution < 1.29 is 22.4 Å². The molecule has 3 N–H and O–H groups in total. The maximum atomic E-state index is 13.7. The standard InChI is InChI=1S/C26H29F4N5O/c1-35(2)22-19-5-3-4-6-20(19)32-24(34-22)33-21-14-25(21)9-7-18(8-10-25)31-23(36)15-11-16(26(28,29)30)13-17(27)12-15/h3-6,11-13,18,21,24,32-33H,7-10,14H2,1-2H3,(H,31,36). The van der Waals surface area contributed by atoms with Crippen LogP contribution in [0.3, 0.4) is 0 Å². The Morgan fingerprint density at radius 2 is 1.86 bits per heavy atom. The minimum absolute atomic E-state index is 0.135. The topological polar surface area (TPSA) is 68.8 Å². The second-order valence-electron chi connectivity index (χ2n) is 10.2. The van der Waals surface area contributed by atoms with Gasteiger partial charge in [0.2, 0.25) is 0 Å². The van der Waals surface area contributed by atoms with E-state index in [9.17, 15) is 22.4 Å². The van der Waals surface area contributed by atoms with E-state index in [4.69, 9.17) is 4.99 Å². The third-order valence-electron chi connectivity index (χ3n) is 7.49. The fraction of sp³-hybridized carbons (Fsp3) is 0.462. The Kier molecular flexibility index (Phi) is 6.18. The van der Waals surface area contributed by atoms with E-state index < -0.39 is 23.5 Å². The monoisotopic (exact) mass is 503 g/mol. The smallest absolute Gasteiger partial charge is 0.362 e. The maximum absolute atomic E-state index is 13.7. The molecule has 1 spiro atoms. The molecule has 1 heterocycles. The van der Waals surface area contributed by atoms with Gasteiger partial charge in [0, 0.05) is 43.0 Å². The summed E-state index contributed by atoms with van der Waals surface area (Å²) >= 11 is 0. The van der Waals surface area contributed by atoms with E-state index in [2.05, 4.69) is 16.0 Å². The number of carbonyl (C=O) groups is 1. The number of amides is 1. The van der Waals surface area contributed by atoms with Crippen LogP contribution in [0.4, 0.5) is 23.2 Å². The molecule has 2 saturated carbocycles. The molecule has 6 nitrogen and oxygen atoms in total. The van der Waals surface area contributed by atoms with Crippen molar-refractivity contribution >= 4 is 17.4 Å². The number of carbonyl (C=O) groups excluding carboxylic acids is 1. The van der Waals surface area contributed by atoms with E-state index in [-0.39, 0.29) is 23.3 Å². The highest BCUT2D eigenvalue weighted by Gasteiger charge is 2.55. The van der Waals surface area contributed by atoms with Crippen molar-refractivity contribution in [3.05, 3.63) is 65.0 Å². The van der Waals surface area contributed by atoms with Gasteiger partial charge in [0.1, 0.15) is 11.7 Å². The van der Waals surface area contributed by atoms with Crippen LogP contribution < -0.4 is 16.0 Å². The predicted molar refractivity (Wildman–Crippen MR) is 129 cm³/mol. The number of halogens is 4. The van der Waals surface area contributed by atoms with Gasteiger partial charge in [-0.15, -0.1) is 0 Å². The minimum Gasteiger partial charge on any atom is -0.362 e. The first-order valence-electron chi connectivity index (χ1n) is 12.1. The quantitative estimate of drug-likeness (QED) is 0.535. The van der Waals surface area contributed by atoms with Gasteiger partial charge in [0.05, 0.1) is 5.56 Å². The van der Waals surface area contributed by atoms with Crippen LogP contribution in [-0.4, -0.2) is 49.1 Å². The number of rotatable bonds is 4. The molecule has 2 aliphatic carbocycles. The van der Waals surface area contributed by atoms with Crippen molar-refractivity contribution in [1.82, 2.24) is 15.5 Å². The van der Waals surface area contributed by atoms with Crippen molar-refractivity contribution in [2.45, 2.75) is 56.7 Å². The van der Waals surface area contributed by atoms with Crippen LogP contribution in [0.15, 0.2) is 47.5 Å². The first-order valence-corrected chi connectivity index (χ1v) is 12.1. The largest absolute Gasteiger partial charge is 0.416 e. The fourth-order valence-corrected chi connectivity index (χ4v) is 5.43. The number of anilines is 1. The lowest BCUT2D eigenvalue weighted by molar-refractivity contribution is -0.137. The Hall–Kier alpha value is -3.14. The molecule has 2 fully saturated rings. The molecule has 5 rings (SSSR count). The summed E-state index contributed by atoms with van der Waals surface area (Å²) in [5.41, 5.74) is 0.743. The molecule has 0 saturated heterocycles. The number of hydrogen-bond acceptors (Lipinski definition) is 5. The van der Waals surface area contributed by atoms with E-state index in [0.29, 0.717) is 18.2 Å². The lowest BCUT2D eigenvalue weighted by atomic mass is 9.82. The van der Waals surface area contributed by atoms with Gasteiger partial charge in [-0.25, -0.2) is 9.38 Å². The SMILES string of the molecule is CN(C)C1=NC(NC2CC23CCC(NC(=O)c2cc(F)cc(C(F)(F)F)c2)CC3)Nc2ccccc21. The first-order chi connectivity index (χ1) is 17.0. The van der Waals surface area contributed by atoms with Gasteiger partial charge in [-0.3, -0.25) is 10.1 Å². The number of aliphatic imine (C=N–C) groups is 1. The summed E-state index contributed by atoms with van der Waals surface area (Å²) in [5, 5.41) is 9.88. The maximum Gasteiger partial charge on any atom is 0.416 e. The van der Waals surface area contributed by atoms with E-state index in [1.165, 1.54) is 0 Å². The van der Waals surface area contributed by atoms with E-state index in [1.807, 2.05) is 43.3 Å². The van der Waals surface area contributed by atoms with Crippen LogP contribution in [0.25, 0.3) is 0 Å². The molecule has 192 valence electrons. The lowest BCUT2D eigenvalue weighted by Gasteiger charge is -2.32. The summed E-state index contributed by atoms with van der Waals surface area (Å²) in [6.45, 7) is 0. The molecule has 3 aliphatic rings. The number of para-hydroxylation sites is 1. The molecular weight excluding hydrogens is 474 g/mol. The van der Waals surface area contributed by atoms with Crippen LogP contribution in [0.1, 0.15) is 53.6 Å². The number of nitrogens with zero attached hydrogens (tertiary/aromatic N) is 2. The highest BCUT2D eigenvalue weighted by atomic mass is 19.4. The van der Waals surface area contributed by atoms with Crippen molar-refractivity contribution in [3.8, 4) is 0 Å². The van der Waals surface area contributed by atoms with Gasteiger partial charge in [-0.2, -0.15) is 13.2 Å². The molecule has 1 aliphatic heterocycles. The molecule has 0 radical (unpaired) electrons. The van der Waals surface area contributed by atoms with Crippen LogP contribution in [0, 0.1) is 11.2 Å². The highest BCUT2D eigenvalue weighted by molar-refractivity contribution is 6.04. The Morgan fingerprint density at radius 1 is 1.14 bits per heavy atom. The average molecular weight is 504 g/mol. The molecule has 10 heteroatoms. The zero-order valence-corrected chi connectivity index (χ0v) is 20.1. The molecule has 0 aromatic heterocycles. The summed E-state index contributed by atoms with van der Waals surface area (Å²) in [4.78, 5) is 19.4. The summed E-state index contributed by atoms with van der Waals surface area (Å²) in [5.74, 6) is -0.848. The molecular formula is C26H29F4N5O. The van der Waals surface area contributed by atoms with Gasteiger partial charge >= 0.3 is 6.18 Å². The van der Waals surface area contributed by atoms with Crippen molar-refractivity contribution in [2.24, 2.45) is 10.4 Å². The van der Waals surface area contributed by atoms with Gasteiger partial charge in [0.15, 0.2) is 6.29 Å². The van der Waals surface area contributed by atoms with E-state index in [0.717, 1.165) is 55.3 Å². The third kappa shape index (κ3) is 4.91. The Bertz CT molecular complexity index is 1190. The normalized spacial score (nSPS) is 27.1. The van der Waals surface area contributed by atoms with Gasteiger partial charge in [0.25, 0.3) is 5.91 Å². The molecule has 0 bridgehead atoms. The summed E-state index contributed by atoms with van der Waals surface area (Å²) in [6.07, 6.45) is -0.722. The van der Waals surface area contributed by atoms with E-state index >= 15 is 0 Å². The number of fused-ring (bicyclic) bond motifs is 1. The number of amidine groups is 1. The molecule has 2 atom stereocenters. The molecule has 36 heavy (non-hydrogen) atoms. The van der Waals surface area contributed by atoms with Crippen molar-refractivity contribution in [2.75, 3.05) is 19.4 Å². The number of hydrogen-bond donors (Lipinski definition) is 3. The first kappa shape index (κ1) is 24.5. The van der Waals surface area contributed by atoms with Gasteiger partial charge < -0.3 is 15.5 Å². The predicted octanol–water partition coefficient (Wildman–Crippen LogP) is 4.58. The summed E-state index contributed by atoms with van der Waals surface area (Å²) in [6, 6.07) is 10.1. The van der Waals surface area contributed by atoms with Crippen LogP contribution in [0.2, 0.25) is 0 Å². The fourth-order valence-electron chi connectivity index (χ4n) is 5.43. The zero-order chi connectivity index (χ0) is 25.7.